The lowest BCUT2D eigenvalue weighted by Crippen LogP contribution is -2.38. The number of hydrogen-bond acceptors (Lipinski definition) is 4. The first-order valence-corrected chi connectivity index (χ1v) is 9.27. The van der Waals surface area contributed by atoms with Crippen LogP contribution >= 0.6 is 0 Å². The molecule has 2 aromatic heterocycles. The summed E-state index contributed by atoms with van der Waals surface area (Å²) in [7, 11) is 0. The van der Waals surface area contributed by atoms with Gasteiger partial charge in [-0.1, -0.05) is 0 Å². The van der Waals surface area contributed by atoms with Crippen molar-refractivity contribution in [2.24, 2.45) is 0 Å². The first kappa shape index (κ1) is 16.4. The number of aromatic amines is 2. The molecule has 7 nitrogen and oxygen atoms in total. The average molecular weight is 369 g/mol. The number of likely N-dealkylation sites (tertiary alicyclic amines) is 1. The Morgan fingerprint density at radius 1 is 1.30 bits per heavy atom. The number of carbonyl (C=O) groups is 1. The van der Waals surface area contributed by atoms with E-state index in [2.05, 4.69) is 20.2 Å². The van der Waals surface area contributed by atoms with E-state index in [1.54, 1.807) is 6.07 Å². The molecule has 140 valence electrons. The van der Waals surface area contributed by atoms with Crippen molar-refractivity contribution in [3.63, 3.8) is 0 Å². The zero-order valence-corrected chi connectivity index (χ0v) is 14.8. The molecule has 1 aromatic carbocycles. The lowest BCUT2D eigenvalue weighted by molar-refractivity contribution is 0.0693. The zero-order valence-electron chi connectivity index (χ0n) is 14.8. The fourth-order valence-corrected chi connectivity index (χ4v) is 3.99. The number of imidazole rings is 1. The molecule has 0 bridgehead atoms. The minimum atomic E-state index is -0.274. The number of nitrogens with zero attached hydrogens (tertiary/aromatic N) is 3. The number of piperidine rings is 1. The molecule has 0 radical (unpaired) electrons. The van der Waals surface area contributed by atoms with Crippen LogP contribution in [-0.2, 0) is 17.8 Å². The SMILES string of the molecule is O=C(c1n[nH]c2c1COCC2)N1CCC(c2nc3ccc(F)cc3[nH]2)CC1. The standard InChI is InChI=1S/C19H20FN5O2/c20-12-1-2-15-16(9-12)22-18(21-15)11-3-6-25(7-4-11)19(26)17-13-10-27-8-5-14(13)23-24-17/h1-2,9,11H,3-8,10H2,(H,21,22)(H,23,24). The van der Waals surface area contributed by atoms with Crippen LogP contribution in [-0.4, -0.2) is 50.7 Å². The predicted molar refractivity (Wildman–Crippen MR) is 95.9 cm³/mol. The molecular formula is C19H20FN5O2. The van der Waals surface area contributed by atoms with E-state index in [9.17, 15) is 9.18 Å². The molecule has 0 atom stereocenters. The number of nitrogens with one attached hydrogen (secondary N) is 2. The summed E-state index contributed by atoms with van der Waals surface area (Å²) < 4.78 is 18.8. The van der Waals surface area contributed by atoms with E-state index < -0.39 is 0 Å². The van der Waals surface area contributed by atoms with Gasteiger partial charge in [0.1, 0.15) is 11.6 Å². The second-order valence-corrected chi connectivity index (χ2v) is 7.18. The summed E-state index contributed by atoms with van der Waals surface area (Å²) in [6, 6.07) is 4.57. The number of rotatable bonds is 2. The highest BCUT2D eigenvalue weighted by molar-refractivity contribution is 5.94. The second kappa shape index (κ2) is 6.45. The van der Waals surface area contributed by atoms with Gasteiger partial charge in [-0.05, 0) is 31.0 Å². The van der Waals surface area contributed by atoms with Crippen LogP contribution in [0.3, 0.4) is 0 Å². The number of carbonyl (C=O) groups excluding carboxylic acids is 1. The van der Waals surface area contributed by atoms with Gasteiger partial charge < -0.3 is 14.6 Å². The predicted octanol–water partition coefficient (Wildman–Crippen LogP) is 2.52. The van der Waals surface area contributed by atoms with E-state index >= 15 is 0 Å². The summed E-state index contributed by atoms with van der Waals surface area (Å²) in [6.07, 6.45) is 2.40. The van der Waals surface area contributed by atoms with E-state index in [-0.39, 0.29) is 17.6 Å². The number of benzene rings is 1. The Hall–Kier alpha value is -2.74. The molecule has 5 rings (SSSR count). The van der Waals surface area contributed by atoms with Crippen molar-refractivity contribution in [3.8, 4) is 0 Å². The maximum Gasteiger partial charge on any atom is 0.274 e. The highest BCUT2D eigenvalue weighted by atomic mass is 19.1. The van der Waals surface area contributed by atoms with Crippen molar-refractivity contribution in [2.45, 2.75) is 31.8 Å². The number of amides is 1. The van der Waals surface area contributed by atoms with Gasteiger partial charge >= 0.3 is 0 Å². The topological polar surface area (TPSA) is 86.9 Å². The molecular weight excluding hydrogens is 349 g/mol. The van der Waals surface area contributed by atoms with Crippen LogP contribution in [0.5, 0.6) is 0 Å². The molecule has 0 saturated carbocycles. The van der Waals surface area contributed by atoms with Crippen LogP contribution < -0.4 is 0 Å². The summed E-state index contributed by atoms with van der Waals surface area (Å²) in [6.45, 7) is 2.41. The monoisotopic (exact) mass is 369 g/mol. The van der Waals surface area contributed by atoms with Gasteiger partial charge in [-0.15, -0.1) is 0 Å². The third-order valence-electron chi connectivity index (χ3n) is 5.53. The van der Waals surface area contributed by atoms with E-state index in [1.807, 2.05) is 4.90 Å². The maximum atomic E-state index is 13.4. The Kier molecular flexibility index (Phi) is 3.93. The van der Waals surface area contributed by atoms with Crippen molar-refractivity contribution < 1.29 is 13.9 Å². The molecule has 0 spiro atoms. The van der Waals surface area contributed by atoms with Gasteiger partial charge in [0.05, 0.1) is 24.2 Å². The fourth-order valence-electron chi connectivity index (χ4n) is 3.99. The highest BCUT2D eigenvalue weighted by Gasteiger charge is 2.30. The fraction of sp³-hybridized carbons (Fsp3) is 0.421. The van der Waals surface area contributed by atoms with Crippen molar-refractivity contribution >= 4 is 16.9 Å². The molecule has 0 aliphatic carbocycles. The Morgan fingerprint density at radius 2 is 2.15 bits per heavy atom. The van der Waals surface area contributed by atoms with E-state index in [0.717, 1.165) is 41.9 Å². The average Bonchev–Trinajstić information content (AvgIpc) is 3.31. The van der Waals surface area contributed by atoms with Gasteiger partial charge in [-0.3, -0.25) is 9.89 Å². The van der Waals surface area contributed by atoms with Crippen LogP contribution in [0.15, 0.2) is 18.2 Å². The van der Waals surface area contributed by atoms with Gasteiger partial charge in [0.25, 0.3) is 5.91 Å². The Bertz CT molecular complexity index is 1000. The van der Waals surface area contributed by atoms with Gasteiger partial charge in [0.15, 0.2) is 5.69 Å². The van der Waals surface area contributed by atoms with Crippen molar-refractivity contribution in [1.29, 1.82) is 0 Å². The van der Waals surface area contributed by atoms with Crippen molar-refractivity contribution in [1.82, 2.24) is 25.1 Å². The maximum absolute atomic E-state index is 13.4. The van der Waals surface area contributed by atoms with Crippen LogP contribution in [0.4, 0.5) is 4.39 Å². The van der Waals surface area contributed by atoms with Crippen LogP contribution in [0.1, 0.15) is 46.3 Å². The number of ether oxygens (including phenoxy) is 1. The summed E-state index contributed by atoms with van der Waals surface area (Å²) in [5, 5.41) is 7.21. The van der Waals surface area contributed by atoms with Crippen LogP contribution in [0.2, 0.25) is 0 Å². The van der Waals surface area contributed by atoms with Crippen molar-refractivity contribution in [2.75, 3.05) is 19.7 Å². The molecule has 4 heterocycles. The molecule has 8 heteroatoms. The zero-order chi connectivity index (χ0) is 18.4. The number of aromatic nitrogens is 4. The number of hydrogen-bond donors (Lipinski definition) is 2. The molecule has 0 unspecified atom stereocenters. The first-order valence-electron chi connectivity index (χ1n) is 9.27. The molecule has 1 saturated heterocycles. The molecule has 2 N–H and O–H groups in total. The largest absolute Gasteiger partial charge is 0.376 e. The Balaban J connectivity index is 1.29. The Morgan fingerprint density at radius 3 is 3.00 bits per heavy atom. The van der Waals surface area contributed by atoms with E-state index in [0.29, 0.717) is 37.5 Å². The molecule has 27 heavy (non-hydrogen) atoms. The van der Waals surface area contributed by atoms with Gasteiger partial charge in [0.2, 0.25) is 0 Å². The lowest BCUT2D eigenvalue weighted by Gasteiger charge is -2.31. The molecule has 3 aromatic rings. The summed E-state index contributed by atoms with van der Waals surface area (Å²) in [4.78, 5) is 22.6. The number of fused-ring (bicyclic) bond motifs is 2. The van der Waals surface area contributed by atoms with Gasteiger partial charge in [0, 0.05) is 36.7 Å². The van der Waals surface area contributed by atoms with Crippen LogP contribution in [0.25, 0.3) is 11.0 Å². The smallest absolute Gasteiger partial charge is 0.274 e. The molecule has 2 aliphatic heterocycles. The second-order valence-electron chi connectivity index (χ2n) is 7.18. The highest BCUT2D eigenvalue weighted by Crippen LogP contribution is 2.29. The minimum absolute atomic E-state index is 0.0388. The lowest BCUT2D eigenvalue weighted by atomic mass is 9.95. The first-order chi connectivity index (χ1) is 13.2. The van der Waals surface area contributed by atoms with E-state index in [4.69, 9.17) is 4.74 Å². The quantitative estimate of drug-likeness (QED) is 0.727. The number of halogens is 1. The molecule has 2 aliphatic rings. The molecule has 1 fully saturated rings. The molecule has 1 amide bonds. The Labute approximate surface area is 154 Å². The third kappa shape index (κ3) is 2.90. The summed E-state index contributed by atoms with van der Waals surface area (Å²) in [5.41, 5.74) is 3.88. The normalized spacial score (nSPS) is 18.0. The van der Waals surface area contributed by atoms with Crippen LogP contribution in [0, 0.1) is 5.82 Å². The van der Waals surface area contributed by atoms with E-state index in [1.165, 1.54) is 12.1 Å². The third-order valence-corrected chi connectivity index (χ3v) is 5.53. The van der Waals surface area contributed by atoms with Gasteiger partial charge in [-0.2, -0.15) is 5.10 Å². The summed E-state index contributed by atoms with van der Waals surface area (Å²) >= 11 is 0. The number of H-pyrrole nitrogens is 2. The van der Waals surface area contributed by atoms with Crippen molar-refractivity contribution in [3.05, 3.63) is 46.8 Å². The minimum Gasteiger partial charge on any atom is -0.376 e. The van der Waals surface area contributed by atoms with Gasteiger partial charge in [-0.25, -0.2) is 9.37 Å². The summed E-state index contributed by atoms with van der Waals surface area (Å²) in [5.74, 6) is 0.793.